The molecule has 270 valence electrons. The van der Waals surface area contributed by atoms with Gasteiger partial charge in [0, 0.05) is 43.7 Å². The molecular weight excluding hydrogens is 701 g/mol. The van der Waals surface area contributed by atoms with Gasteiger partial charge in [0.05, 0.1) is 22.7 Å². The Morgan fingerprint density at radius 3 is 0.897 bits per heavy atom. The van der Waals surface area contributed by atoms with Crippen molar-refractivity contribution in [2.75, 3.05) is 9.80 Å². The number of benzene rings is 12. The maximum atomic E-state index is 2.50. The van der Waals surface area contributed by atoms with Gasteiger partial charge in [-0.25, -0.2) is 0 Å². The van der Waals surface area contributed by atoms with Gasteiger partial charge in [0.2, 0.25) is 0 Å². The molecule has 0 bridgehead atoms. The molecule has 2 nitrogen and oxygen atoms in total. The Labute approximate surface area is 336 Å². The third-order valence-electron chi connectivity index (χ3n) is 12.1. The van der Waals surface area contributed by atoms with Gasteiger partial charge in [0.1, 0.15) is 0 Å². The Morgan fingerprint density at radius 2 is 0.534 bits per heavy atom. The van der Waals surface area contributed by atoms with Crippen LogP contribution < -0.4 is 9.80 Å². The molecule has 0 aliphatic heterocycles. The molecule has 58 heavy (non-hydrogen) atoms. The van der Waals surface area contributed by atoms with Gasteiger partial charge in [0.15, 0.2) is 0 Å². The van der Waals surface area contributed by atoms with E-state index in [0.717, 1.165) is 22.7 Å². The van der Waals surface area contributed by atoms with Crippen LogP contribution in [0.2, 0.25) is 0 Å². The molecule has 0 atom stereocenters. The molecule has 0 saturated heterocycles. The van der Waals surface area contributed by atoms with Crippen molar-refractivity contribution in [2.45, 2.75) is 0 Å². The SMILES string of the molecule is c1ccc(N(c2c3ccccc3cc3ccccc23)c2ccc3ccc4ccc(N(c5ccccc5)c5c6ccccc6cc6ccccc56)c5ccc2c3c45)cc1. The monoisotopic (exact) mass is 736 g/mol. The summed E-state index contributed by atoms with van der Waals surface area (Å²) in [6.07, 6.45) is 0. The molecule has 2 heteroatoms. The van der Waals surface area contributed by atoms with Crippen molar-refractivity contribution < 1.29 is 0 Å². The molecule has 12 aromatic rings. The van der Waals surface area contributed by atoms with E-state index in [4.69, 9.17) is 0 Å². The van der Waals surface area contributed by atoms with Crippen molar-refractivity contribution in [1.29, 1.82) is 0 Å². The highest BCUT2D eigenvalue weighted by atomic mass is 15.2. The second-order valence-corrected chi connectivity index (χ2v) is 15.3. The van der Waals surface area contributed by atoms with Crippen LogP contribution in [0.4, 0.5) is 34.1 Å². The van der Waals surface area contributed by atoms with Crippen LogP contribution in [-0.2, 0) is 0 Å². The molecule has 0 spiro atoms. The van der Waals surface area contributed by atoms with Crippen LogP contribution in [-0.4, -0.2) is 0 Å². The van der Waals surface area contributed by atoms with Crippen LogP contribution in [0.15, 0.2) is 218 Å². The standard InChI is InChI=1S/C56H36N2/c1-3-19-43(20-4-1)57(55-45-23-11-7-15-39(45)35-40-16-8-12-24-46(40)55)51-33-29-37-27-28-38-30-34-52(50-32-31-49(51)53(37)54(38)50)58(44-21-5-2-6-22-44)56-47-25-13-9-17-41(47)36-42-18-10-14-26-48(42)56/h1-36H. The minimum Gasteiger partial charge on any atom is -0.309 e. The van der Waals surface area contributed by atoms with Crippen molar-refractivity contribution in [3.63, 3.8) is 0 Å². The maximum Gasteiger partial charge on any atom is 0.0618 e. The lowest BCUT2D eigenvalue weighted by molar-refractivity contribution is 1.32. The second-order valence-electron chi connectivity index (χ2n) is 15.3. The number of hydrogen-bond donors (Lipinski definition) is 0. The third-order valence-corrected chi connectivity index (χ3v) is 12.1. The molecule has 0 amide bonds. The molecule has 12 aromatic carbocycles. The van der Waals surface area contributed by atoms with Crippen molar-refractivity contribution >= 4 is 110 Å². The van der Waals surface area contributed by atoms with Gasteiger partial charge in [-0.3, -0.25) is 0 Å². The Morgan fingerprint density at radius 1 is 0.224 bits per heavy atom. The lowest BCUT2D eigenvalue weighted by Crippen LogP contribution is -2.12. The number of para-hydroxylation sites is 2. The van der Waals surface area contributed by atoms with E-state index in [1.54, 1.807) is 0 Å². The van der Waals surface area contributed by atoms with E-state index in [0.29, 0.717) is 0 Å². The van der Waals surface area contributed by atoms with Gasteiger partial charge in [0.25, 0.3) is 0 Å². The molecule has 0 aromatic heterocycles. The summed E-state index contributed by atoms with van der Waals surface area (Å²) in [7, 11) is 0. The molecule has 12 rings (SSSR count). The summed E-state index contributed by atoms with van der Waals surface area (Å²) in [4.78, 5) is 4.99. The van der Waals surface area contributed by atoms with Gasteiger partial charge >= 0.3 is 0 Å². The quantitative estimate of drug-likeness (QED) is 0.124. The van der Waals surface area contributed by atoms with E-state index in [2.05, 4.69) is 228 Å². The topological polar surface area (TPSA) is 6.48 Å². The average molecular weight is 737 g/mol. The number of nitrogens with zero attached hydrogens (tertiary/aromatic N) is 2. The first-order valence-electron chi connectivity index (χ1n) is 20.0. The lowest BCUT2D eigenvalue weighted by Gasteiger charge is -2.31. The maximum absolute atomic E-state index is 2.50. The Hall–Kier alpha value is -7.68. The van der Waals surface area contributed by atoms with Crippen molar-refractivity contribution in [1.82, 2.24) is 0 Å². The van der Waals surface area contributed by atoms with Gasteiger partial charge in [-0.2, -0.15) is 0 Å². The Kier molecular flexibility index (Phi) is 7.26. The van der Waals surface area contributed by atoms with Gasteiger partial charge in [-0.1, -0.05) is 170 Å². The Balaban J connectivity index is 1.18. The summed E-state index contributed by atoms with van der Waals surface area (Å²) < 4.78 is 0. The minimum absolute atomic E-state index is 1.12. The average Bonchev–Trinajstić information content (AvgIpc) is 3.29. The van der Waals surface area contributed by atoms with E-state index < -0.39 is 0 Å². The number of hydrogen-bond acceptors (Lipinski definition) is 2. The van der Waals surface area contributed by atoms with Gasteiger partial charge in [-0.05, 0) is 91.6 Å². The predicted molar refractivity (Wildman–Crippen MR) is 250 cm³/mol. The summed E-state index contributed by atoms with van der Waals surface area (Å²) in [5.41, 5.74) is 6.93. The minimum atomic E-state index is 1.12. The van der Waals surface area contributed by atoms with E-state index in [1.807, 2.05) is 0 Å². The van der Waals surface area contributed by atoms with Crippen LogP contribution in [0.1, 0.15) is 0 Å². The largest absolute Gasteiger partial charge is 0.309 e. The smallest absolute Gasteiger partial charge is 0.0618 e. The highest BCUT2D eigenvalue weighted by Gasteiger charge is 2.25. The number of rotatable bonds is 6. The summed E-state index contributed by atoms with van der Waals surface area (Å²) in [5.74, 6) is 0. The number of anilines is 6. The fourth-order valence-corrected chi connectivity index (χ4v) is 9.55. The first kappa shape index (κ1) is 32.6. The molecule has 0 heterocycles. The van der Waals surface area contributed by atoms with Gasteiger partial charge < -0.3 is 9.80 Å². The molecule has 0 fully saturated rings. The summed E-state index contributed by atoms with van der Waals surface area (Å²) in [6, 6.07) is 80.2. The highest BCUT2D eigenvalue weighted by molar-refractivity contribution is 6.29. The van der Waals surface area contributed by atoms with Crippen LogP contribution in [0.25, 0.3) is 75.4 Å². The van der Waals surface area contributed by atoms with E-state index in [1.165, 1.54) is 86.8 Å². The van der Waals surface area contributed by atoms with Gasteiger partial charge in [-0.15, -0.1) is 0 Å². The predicted octanol–water partition coefficient (Wildman–Crippen LogP) is 16.1. The first-order chi connectivity index (χ1) is 28.8. The van der Waals surface area contributed by atoms with Crippen molar-refractivity contribution in [3.8, 4) is 0 Å². The summed E-state index contributed by atoms with van der Waals surface area (Å²) in [6.45, 7) is 0. The normalized spacial score (nSPS) is 11.8. The van der Waals surface area contributed by atoms with Crippen LogP contribution in [0.5, 0.6) is 0 Å². The lowest BCUT2D eigenvalue weighted by atomic mass is 9.91. The molecule has 0 radical (unpaired) electrons. The summed E-state index contributed by atoms with van der Waals surface area (Å²) in [5, 5.41) is 17.2. The third kappa shape index (κ3) is 4.92. The Bertz CT molecular complexity index is 3170. The molecular formula is C56H36N2. The first-order valence-corrected chi connectivity index (χ1v) is 20.0. The zero-order chi connectivity index (χ0) is 38.2. The fraction of sp³-hybridized carbons (Fsp3) is 0. The van der Waals surface area contributed by atoms with Crippen molar-refractivity contribution in [3.05, 3.63) is 218 Å². The molecule has 0 unspecified atom stereocenters. The molecule has 0 aliphatic carbocycles. The zero-order valence-electron chi connectivity index (χ0n) is 31.7. The highest BCUT2D eigenvalue weighted by Crippen LogP contribution is 2.51. The van der Waals surface area contributed by atoms with Crippen LogP contribution in [0.3, 0.4) is 0 Å². The fourth-order valence-electron chi connectivity index (χ4n) is 9.55. The molecule has 0 N–H and O–H groups in total. The van der Waals surface area contributed by atoms with E-state index >= 15 is 0 Å². The van der Waals surface area contributed by atoms with Crippen molar-refractivity contribution in [2.24, 2.45) is 0 Å². The van der Waals surface area contributed by atoms with E-state index in [-0.39, 0.29) is 0 Å². The zero-order valence-corrected chi connectivity index (χ0v) is 31.7. The summed E-state index contributed by atoms with van der Waals surface area (Å²) >= 11 is 0. The van der Waals surface area contributed by atoms with Crippen LogP contribution >= 0.6 is 0 Å². The molecule has 0 aliphatic rings. The molecule has 0 saturated carbocycles. The van der Waals surface area contributed by atoms with Crippen LogP contribution in [0, 0.1) is 0 Å². The van der Waals surface area contributed by atoms with E-state index in [9.17, 15) is 0 Å². The number of fused-ring (bicyclic) bond motifs is 4. The second kappa shape index (κ2) is 12.9.